The van der Waals surface area contributed by atoms with Crippen LogP contribution in [0.25, 0.3) is 10.9 Å². The van der Waals surface area contributed by atoms with Crippen molar-refractivity contribution in [1.82, 2.24) is 9.88 Å². The second-order valence-electron chi connectivity index (χ2n) is 6.07. The number of ether oxygens (including phenoxy) is 2. The van der Waals surface area contributed by atoms with Crippen LogP contribution in [0.2, 0.25) is 0 Å². The fraction of sp³-hybridized carbons (Fsp3) is 0.200. The van der Waals surface area contributed by atoms with Crippen molar-refractivity contribution in [2.45, 2.75) is 12.9 Å². The molecule has 3 aromatic rings. The predicted molar refractivity (Wildman–Crippen MR) is 97.2 cm³/mol. The molecule has 0 aliphatic carbocycles. The largest absolute Gasteiger partial charge is 0.573 e. The van der Waals surface area contributed by atoms with E-state index in [1.807, 2.05) is 0 Å². The fourth-order valence-corrected chi connectivity index (χ4v) is 2.73. The lowest BCUT2D eigenvalue weighted by atomic mass is 10.1. The maximum atomic E-state index is 12.7. The molecule has 0 bridgehead atoms. The SMILES string of the molecule is COc1ccc2nc(C(=O)N(C)Cc3ccccc3OC(F)(F)F)ccc2c1. The zero-order valence-corrected chi connectivity index (χ0v) is 15.2. The van der Waals surface area contributed by atoms with Gasteiger partial charge < -0.3 is 14.4 Å². The number of alkyl halides is 3. The lowest BCUT2D eigenvalue weighted by Gasteiger charge is -2.19. The second kappa shape index (κ2) is 7.75. The van der Waals surface area contributed by atoms with Crippen molar-refractivity contribution in [2.24, 2.45) is 0 Å². The third-order valence-electron chi connectivity index (χ3n) is 4.07. The van der Waals surface area contributed by atoms with Gasteiger partial charge in [-0.2, -0.15) is 0 Å². The first-order chi connectivity index (χ1) is 13.3. The molecule has 2 aromatic carbocycles. The maximum absolute atomic E-state index is 12.7. The van der Waals surface area contributed by atoms with Gasteiger partial charge in [-0.3, -0.25) is 4.79 Å². The normalized spacial score (nSPS) is 11.3. The highest BCUT2D eigenvalue weighted by Crippen LogP contribution is 2.27. The number of benzene rings is 2. The molecule has 0 N–H and O–H groups in total. The van der Waals surface area contributed by atoms with Crippen LogP contribution in [0, 0.1) is 0 Å². The zero-order chi connectivity index (χ0) is 20.3. The molecule has 3 rings (SSSR count). The standard InChI is InChI=1S/C20H17F3N2O3/c1-25(12-14-5-3-4-6-18(14)28-20(21,22)23)19(26)17-9-7-13-11-15(27-2)8-10-16(13)24-17/h3-11H,12H2,1-2H3. The molecule has 0 radical (unpaired) electrons. The van der Waals surface area contributed by atoms with Crippen molar-refractivity contribution >= 4 is 16.8 Å². The molecular weight excluding hydrogens is 373 g/mol. The van der Waals surface area contributed by atoms with Crippen molar-refractivity contribution in [3.8, 4) is 11.5 Å². The Kier molecular flexibility index (Phi) is 5.39. The van der Waals surface area contributed by atoms with Crippen LogP contribution in [0.5, 0.6) is 11.5 Å². The Morgan fingerprint density at radius 2 is 1.86 bits per heavy atom. The quantitative estimate of drug-likeness (QED) is 0.647. The molecule has 0 spiro atoms. The number of halogens is 3. The summed E-state index contributed by atoms with van der Waals surface area (Å²) in [7, 11) is 3.05. The summed E-state index contributed by atoms with van der Waals surface area (Å²) in [6, 6.07) is 14.3. The average Bonchev–Trinajstić information content (AvgIpc) is 2.66. The van der Waals surface area contributed by atoms with E-state index in [0.29, 0.717) is 11.3 Å². The topological polar surface area (TPSA) is 51.7 Å². The van der Waals surface area contributed by atoms with Crippen LogP contribution in [0.3, 0.4) is 0 Å². The number of methoxy groups -OCH3 is 1. The molecule has 1 heterocycles. The van der Waals surface area contributed by atoms with Crippen molar-refractivity contribution in [2.75, 3.05) is 14.2 Å². The Morgan fingerprint density at radius 3 is 2.57 bits per heavy atom. The molecule has 0 atom stereocenters. The van der Waals surface area contributed by atoms with E-state index in [2.05, 4.69) is 9.72 Å². The number of hydrogen-bond acceptors (Lipinski definition) is 4. The monoisotopic (exact) mass is 390 g/mol. The number of fused-ring (bicyclic) bond motifs is 1. The van der Waals surface area contributed by atoms with Crippen molar-refractivity contribution in [3.63, 3.8) is 0 Å². The van der Waals surface area contributed by atoms with Gasteiger partial charge in [0.1, 0.15) is 17.2 Å². The summed E-state index contributed by atoms with van der Waals surface area (Å²) in [4.78, 5) is 18.3. The minimum atomic E-state index is -4.81. The fourth-order valence-electron chi connectivity index (χ4n) is 2.73. The maximum Gasteiger partial charge on any atom is 0.573 e. The summed E-state index contributed by atoms with van der Waals surface area (Å²) in [5, 5.41) is 0.808. The molecule has 1 aromatic heterocycles. The van der Waals surface area contributed by atoms with E-state index in [-0.39, 0.29) is 23.6 Å². The van der Waals surface area contributed by atoms with Gasteiger partial charge in [-0.15, -0.1) is 13.2 Å². The Hall–Kier alpha value is -3.29. The number of para-hydroxylation sites is 1. The molecule has 0 aliphatic heterocycles. The number of rotatable bonds is 5. The summed E-state index contributed by atoms with van der Waals surface area (Å²) < 4.78 is 46.9. The molecule has 8 heteroatoms. The zero-order valence-electron chi connectivity index (χ0n) is 15.2. The molecule has 28 heavy (non-hydrogen) atoms. The van der Waals surface area contributed by atoms with Crippen molar-refractivity contribution in [1.29, 1.82) is 0 Å². The molecule has 0 aliphatic rings. The van der Waals surface area contributed by atoms with Gasteiger partial charge in [0, 0.05) is 24.5 Å². The first-order valence-electron chi connectivity index (χ1n) is 8.31. The summed E-state index contributed by atoms with van der Waals surface area (Å²) in [5.41, 5.74) is 1.04. The van der Waals surface area contributed by atoms with E-state index in [9.17, 15) is 18.0 Å². The Morgan fingerprint density at radius 1 is 1.11 bits per heavy atom. The smallest absolute Gasteiger partial charge is 0.497 e. The Balaban J connectivity index is 1.81. The minimum absolute atomic E-state index is 0.0621. The molecule has 0 unspecified atom stereocenters. The number of hydrogen-bond donors (Lipinski definition) is 0. The van der Waals surface area contributed by atoms with Crippen LogP contribution < -0.4 is 9.47 Å². The number of amides is 1. The molecular formula is C20H17F3N2O3. The Labute approximate surface area is 159 Å². The highest BCUT2D eigenvalue weighted by Gasteiger charge is 2.32. The van der Waals surface area contributed by atoms with E-state index in [4.69, 9.17) is 4.74 Å². The van der Waals surface area contributed by atoms with Gasteiger partial charge >= 0.3 is 6.36 Å². The van der Waals surface area contributed by atoms with Crippen LogP contribution in [-0.4, -0.2) is 36.3 Å². The van der Waals surface area contributed by atoms with Gasteiger partial charge in [0.25, 0.3) is 5.91 Å². The third kappa shape index (κ3) is 4.51. The van der Waals surface area contributed by atoms with E-state index in [0.717, 1.165) is 5.39 Å². The molecule has 146 valence electrons. The number of nitrogens with zero attached hydrogens (tertiary/aromatic N) is 2. The van der Waals surface area contributed by atoms with E-state index in [1.165, 1.54) is 30.1 Å². The lowest BCUT2D eigenvalue weighted by molar-refractivity contribution is -0.275. The first-order valence-corrected chi connectivity index (χ1v) is 8.31. The van der Waals surface area contributed by atoms with Crippen molar-refractivity contribution < 1.29 is 27.4 Å². The number of carbonyl (C=O) groups excluding carboxylic acids is 1. The Bertz CT molecular complexity index is 1010. The van der Waals surface area contributed by atoms with Crippen LogP contribution in [0.1, 0.15) is 16.1 Å². The number of aromatic nitrogens is 1. The highest BCUT2D eigenvalue weighted by atomic mass is 19.4. The van der Waals surface area contributed by atoms with Crippen LogP contribution in [0.15, 0.2) is 54.6 Å². The van der Waals surface area contributed by atoms with E-state index >= 15 is 0 Å². The molecule has 0 saturated heterocycles. The van der Waals surface area contributed by atoms with Gasteiger partial charge in [-0.1, -0.05) is 24.3 Å². The van der Waals surface area contributed by atoms with Crippen molar-refractivity contribution in [3.05, 3.63) is 65.9 Å². The first kappa shape index (κ1) is 19.5. The molecule has 0 saturated carbocycles. The van der Waals surface area contributed by atoms with Gasteiger partial charge in [-0.25, -0.2) is 4.98 Å². The lowest BCUT2D eigenvalue weighted by Crippen LogP contribution is -2.27. The predicted octanol–water partition coefficient (Wildman–Crippen LogP) is 4.41. The van der Waals surface area contributed by atoms with Gasteiger partial charge in [0.2, 0.25) is 0 Å². The third-order valence-corrected chi connectivity index (χ3v) is 4.07. The second-order valence-corrected chi connectivity index (χ2v) is 6.07. The van der Waals surface area contributed by atoms with Gasteiger partial charge in [0.15, 0.2) is 0 Å². The van der Waals surface area contributed by atoms with Crippen LogP contribution in [0.4, 0.5) is 13.2 Å². The number of pyridine rings is 1. The van der Waals surface area contributed by atoms with Crippen LogP contribution >= 0.6 is 0 Å². The summed E-state index contributed by atoms with van der Waals surface area (Å²) in [6.45, 7) is -0.0621. The van der Waals surface area contributed by atoms with Gasteiger partial charge in [-0.05, 0) is 30.3 Å². The molecule has 1 amide bonds. The van der Waals surface area contributed by atoms with E-state index in [1.54, 1.807) is 43.5 Å². The summed E-state index contributed by atoms with van der Waals surface area (Å²) in [5.74, 6) is -0.0838. The summed E-state index contributed by atoms with van der Waals surface area (Å²) >= 11 is 0. The minimum Gasteiger partial charge on any atom is -0.497 e. The number of carbonyl (C=O) groups is 1. The van der Waals surface area contributed by atoms with E-state index < -0.39 is 12.3 Å². The highest BCUT2D eigenvalue weighted by molar-refractivity contribution is 5.95. The molecule has 5 nitrogen and oxygen atoms in total. The van der Waals surface area contributed by atoms with Gasteiger partial charge in [0.05, 0.1) is 12.6 Å². The average molecular weight is 390 g/mol. The summed E-state index contributed by atoms with van der Waals surface area (Å²) in [6.07, 6.45) is -4.81. The van der Waals surface area contributed by atoms with Crippen LogP contribution in [-0.2, 0) is 6.54 Å². The molecule has 0 fully saturated rings.